The van der Waals surface area contributed by atoms with Crippen LogP contribution in [0.1, 0.15) is 22.3 Å². The van der Waals surface area contributed by atoms with Gasteiger partial charge in [-0.3, -0.25) is 0 Å². The molecular weight excluding hydrogens is 286 g/mol. The molecule has 0 heterocycles. The maximum Gasteiger partial charge on any atom is 0.338 e. The first-order chi connectivity index (χ1) is 11.1. The minimum absolute atomic E-state index is 0.254. The maximum atomic E-state index is 12.6. The first-order valence-corrected chi connectivity index (χ1v) is 7.85. The summed E-state index contributed by atoms with van der Waals surface area (Å²) in [5, 5.41) is 0. The second-order valence-corrected chi connectivity index (χ2v) is 6.03. The molecule has 2 aromatic rings. The Morgan fingerprint density at radius 1 is 1.04 bits per heavy atom. The van der Waals surface area contributed by atoms with E-state index in [0.717, 1.165) is 29.7 Å². The van der Waals surface area contributed by atoms with E-state index < -0.39 is 0 Å². The van der Waals surface area contributed by atoms with Gasteiger partial charge in [-0.15, -0.1) is 0 Å². The van der Waals surface area contributed by atoms with Gasteiger partial charge in [-0.1, -0.05) is 48.5 Å². The smallest absolute Gasteiger partial charge is 0.338 e. The Bertz CT molecular complexity index is 747. The van der Waals surface area contributed by atoms with E-state index in [2.05, 4.69) is 12.1 Å². The average molecular weight is 307 g/mol. The van der Waals surface area contributed by atoms with Gasteiger partial charge in [0.2, 0.25) is 0 Å². The van der Waals surface area contributed by atoms with Gasteiger partial charge in [-0.2, -0.15) is 0 Å². The highest BCUT2D eigenvalue weighted by Gasteiger charge is 2.20. The number of carbonyl (C=O) groups is 1. The monoisotopic (exact) mass is 307 g/mol. The summed E-state index contributed by atoms with van der Waals surface area (Å²) in [6, 6.07) is 16.3. The van der Waals surface area contributed by atoms with Crippen LogP contribution in [0.15, 0.2) is 48.5 Å². The van der Waals surface area contributed by atoms with E-state index in [1.165, 1.54) is 5.56 Å². The molecule has 3 heteroatoms. The fraction of sp³-hybridized carbons (Fsp3) is 0.250. The lowest BCUT2D eigenvalue weighted by Crippen LogP contribution is -2.20. The molecule has 0 bridgehead atoms. The molecule has 23 heavy (non-hydrogen) atoms. The number of nitrogens with zero attached hydrogens (tertiary/aromatic N) is 1. The minimum Gasteiger partial charge on any atom is -0.461 e. The Kier molecular flexibility index (Phi) is 4.58. The summed E-state index contributed by atoms with van der Waals surface area (Å²) >= 11 is 0. The summed E-state index contributed by atoms with van der Waals surface area (Å²) in [6.45, 7) is 1.12. The van der Waals surface area contributed by atoms with Gasteiger partial charge < -0.3 is 9.64 Å². The zero-order chi connectivity index (χ0) is 16.2. The van der Waals surface area contributed by atoms with Crippen LogP contribution in [-0.4, -0.2) is 38.1 Å². The average Bonchev–Trinajstić information content (AvgIpc) is 2.71. The van der Waals surface area contributed by atoms with Crippen LogP contribution in [0.4, 0.5) is 0 Å². The zero-order valence-electron chi connectivity index (χ0n) is 13.6. The lowest BCUT2D eigenvalue weighted by atomic mass is 9.98. The summed E-state index contributed by atoms with van der Waals surface area (Å²) < 4.78 is 5.47. The van der Waals surface area contributed by atoms with Crippen LogP contribution in [0.25, 0.3) is 11.6 Å². The van der Waals surface area contributed by atoms with E-state index >= 15 is 0 Å². The predicted molar refractivity (Wildman–Crippen MR) is 93.1 cm³/mol. The fourth-order valence-corrected chi connectivity index (χ4v) is 2.78. The van der Waals surface area contributed by atoms with Crippen molar-refractivity contribution in [2.24, 2.45) is 0 Å². The lowest BCUT2D eigenvalue weighted by Gasteiger charge is -2.12. The minimum atomic E-state index is -0.254. The number of hydrogen-bond acceptors (Lipinski definition) is 3. The summed E-state index contributed by atoms with van der Waals surface area (Å²) in [5.41, 5.74) is 5.09. The molecule has 0 saturated heterocycles. The van der Waals surface area contributed by atoms with Crippen LogP contribution in [0.3, 0.4) is 0 Å². The molecule has 0 spiro atoms. The molecule has 118 valence electrons. The van der Waals surface area contributed by atoms with Crippen LogP contribution in [-0.2, 0) is 16.0 Å². The highest BCUT2D eigenvalue weighted by Crippen LogP contribution is 2.30. The largest absolute Gasteiger partial charge is 0.461 e. The van der Waals surface area contributed by atoms with Crippen molar-refractivity contribution >= 4 is 17.6 Å². The van der Waals surface area contributed by atoms with E-state index in [1.807, 2.05) is 61.5 Å². The van der Waals surface area contributed by atoms with Gasteiger partial charge in [0.15, 0.2) is 0 Å². The summed E-state index contributed by atoms with van der Waals surface area (Å²) in [5.74, 6) is -0.254. The SMILES string of the molecule is CN(C)CCOC(=O)C1=Cc2ccccc2Cc2ccccc21. The Labute approximate surface area is 137 Å². The van der Waals surface area contributed by atoms with Crippen LogP contribution < -0.4 is 0 Å². The number of hydrogen-bond donors (Lipinski definition) is 0. The van der Waals surface area contributed by atoms with E-state index in [4.69, 9.17) is 4.74 Å². The van der Waals surface area contributed by atoms with E-state index in [0.29, 0.717) is 12.2 Å². The molecule has 2 aromatic carbocycles. The third-order valence-corrected chi connectivity index (χ3v) is 4.03. The third-order valence-electron chi connectivity index (χ3n) is 4.03. The van der Waals surface area contributed by atoms with Gasteiger partial charge in [0.05, 0.1) is 5.57 Å². The molecule has 0 saturated carbocycles. The first kappa shape index (κ1) is 15.5. The number of ether oxygens (including phenoxy) is 1. The molecule has 0 N–H and O–H groups in total. The van der Waals surface area contributed by atoms with E-state index in [1.54, 1.807) is 0 Å². The van der Waals surface area contributed by atoms with Gasteiger partial charge in [-0.05, 0) is 48.8 Å². The predicted octanol–water partition coefficient (Wildman–Crippen LogP) is 3.24. The number of fused-ring (bicyclic) bond motifs is 2. The molecule has 0 atom stereocenters. The molecule has 0 amide bonds. The van der Waals surface area contributed by atoms with E-state index in [-0.39, 0.29) is 5.97 Å². The first-order valence-electron chi connectivity index (χ1n) is 7.85. The van der Waals surface area contributed by atoms with Crippen molar-refractivity contribution < 1.29 is 9.53 Å². The third kappa shape index (κ3) is 3.51. The van der Waals surface area contributed by atoms with Crippen molar-refractivity contribution in [3.05, 3.63) is 70.8 Å². The van der Waals surface area contributed by atoms with Crippen LogP contribution in [0.2, 0.25) is 0 Å². The topological polar surface area (TPSA) is 29.5 Å². The van der Waals surface area contributed by atoms with Crippen molar-refractivity contribution in [2.75, 3.05) is 27.2 Å². The van der Waals surface area contributed by atoms with Crippen molar-refractivity contribution in [3.8, 4) is 0 Å². The standard InChI is InChI=1S/C20H21NO2/c1-21(2)11-12-23-20(22)19-14-16-8-4-3-7-15(16)13-17-9-5-6-10-18(17)19/h3-10,14H,11-13H2,1-2H3. The van der Waals surface area contributed by atoms with Crippen LogP contribution >= 0.6 is 0 Å². The highest BCUT2D eigenvalue weighted by molar-refractivity contribution is 6.22. The Hall–Kier alpha value is -2.39. The van der Waals surface area contributed by atoms with Gasteiger partial charge in [0, 0.05) is 6.54 Å². The summed E-state index contributed by atoms with van der Waals surface area (Å²) in [6.07, 6.45) is 2.79. The molecule has 1 aliphatic rings. The molecule has 0 radical (unpaired) electrons. The van der Waals surface area contributed by atoms with E-state index in [9.17, 15) is 4.79 Å². The van der Waals surface area contributed by atoms with Crippen molar-refractivity contribution in [1.29, 1.82) is 0 Å². The van der Waals surface area contributed by atoms with Crippen LogP contribution in [0, 0.1) is 0 Å². The van der Waals surface area contributed by atoms with Crippen LogP contribution in [0.5, 0.6) is 0 Å². The maximum absolute atomic E-state index is 12.6. The Morgan fingerprint density at radius 3 is 2.52 bits per heavy atom. The number of rotatable bonds is 4. The molecule has 0 unspecified atom stereocenters. The number of carbonyl (C=O) groups excluding carboxylic acids is 1. The van der Waals surface area contributed by atoms with Gasteiger partial charge in [-0.25, -0.2) is 4.79 Å². The summed E-state index contributed by atoms with van der Waals surface area (Å²) in [4.78, 5) is 14.6. The molecule has 3 rings (SSSR count). The Morgan fingerprint density at radius 2 is 1.74 bits per heavy atom. The summed E-state index contributed by atoms with van der Waals surface area (Å²) in [7, 11) is 3.93. The molecule has 0 aromatic heterocycles. The lowest BCUT2D eigenvalue weighted by molar-refractivity contribution is -0.136. The quantitative estimate of drug-likeness (QED) is 0.812. The number of esters is 1. The van der Waals surface area contributed by atoms with Crippen molar-refractivity contribution in [3.63, 3.8) is 0 Å². The molecule has 1 aliphatic carbocycles. The normalized spacial score (nSPS) is 12.9. The van der Waals surface area contributed by atoms with Crippen molar-refractivity contribution in [1.82, 2.24) is 4.90 Å². The van der Waals surface area contributed by atoms with Crippen molar-refractivity contribution in [2.45, 2.75) is 6.42 Å². The second-order valence-electron chi connectivity index (χ2n) is 6.03. The fourth-order valence-electron chi connectivity index (χ4n) is 2.78. The zero-order valence-corrected chi connectivity index (χ0v) is 13.6. The highest BCUT2D eigenvalue weighted by atomic mass is 16.5. The second kappa shape index (κ2) is 6.80. The Balaban J connectivity index is 1.96. The van der Waals surface area contributed by atoms with Gasteiger partial charge in [0.25, 0.3) is 0 Å². The number of likely N-dealkylation sites (N-methyl/N-ethyl adjacent to an activating group) is 1. The molecule has 0 fully saturated rings. The molecule has 3 nitrogen and oxygen atoms in total. The number of benzene rings is 2. The molecular formula is C20H21NO2. The van der Waals surface area contributed by atoms with Gasteiger partial charge in [0.1, 0.15) is 6.61 Å². The van der Waals surface area contributed by atoms with Gasteiger partial charge >= 0.3 is 5.97 Å². The molecule has 0 aliphatic heterocycles.